The zero-order chi connectivity index (χ0) is 14.8. The van der Waals surface area contributed by atoms with Crippen LogP contribution in [0.4, 0.5) is 5.69 Å². The van der Waals surface area contributed by atoms with E-state index in [1.807, 2.05) is 0 Å². The van der Waals surface area contributed by atoms with Gasteiger partial charge in [0, 0.05) is 11.3 Å². The summed E-state index contributed by atoms with van der Waals surface area (Å²) in [6, 6.07) is 29.9. The van der Waals surface area contributed by atoms with Crippen molar-refractivity contribution in [3.8, 4) is 0 Å². The first kappa shape index (κ1) is 12.9. The van der Waals surface area contributed by atoms with Gasteiger partial charge in [0.2, 0.25) is 0 Å². The zero-order valence-corrected chi connectivity index (χ0v) is 12.2. The van der Waals surface area contributed by atoms with Crippen molar-refractivity contribution in [2.24, 2.45) is 0 Å². The van der Waals surface area contributed by atoms with Crippen LogP contribution in [0.1, 0.15) is 22.7 Å². The predicted molar refractivity (Wildman–Crippen MR) is 93.6 cm³/mol. The van der Waals surface area contributed by atoms with E-state index in [1.54, 1.807) is 0 Å². The van der Waals surface area contributed by atoms with Gasteiger partial charge in [0.25, 0.3) is 0 Å². The summed E-state index contributed by atoms with van der Waals surface area (Å²) in [6.45, 7) is 0. The third kappa shape index (κ3) is 2.31. The van der Waals surface area contributed by atoms with Crippen LogP contribution in [0.2, 0.25) is 0 Å². The molecule has 1 nitrogen and oxygen atoms in total. The maximum Gasteiger partial charge on any atom is 0.0774 e. The van der Waals surface area contributed by atoms with Crippen molar-refractivity contribution in [2.45, 2.75) is 6.04 Å². The van der Waals surface area contributed by atoms with Crippen molar-refractivity contribution in [3.05, 3.63) is 102 Å². The summed E-state index contributed by atoms with van der Waals surface area (Å²) in [5, 5.41) is 3.65. The molecule has 0 aromatic heterocycles. The van der Waals surface area contributed by atoms with Crippen molar-refractivity contribution in [3.63, 3.8) is 0 Å². The number of fused-ring (bicyclic) bond motifs is 1. The number of benzene rings is 3. The van der Waals surface area contributed by atoms with Crippen LogP contribution in [0.25, 0.3) is 11.6 Å². The van der Waals surface area contributed by atoms with Gasteiger partial charge in [-0.3, -0.25) is 0 Å². The highest BCUT2D eigenvalue weighted by Gasteiger charge is 2.26. The molecule has 0 bridgehead atoms. The molecule has 0 aliphatic carbocycles. The van der Waals surface area contributed by atoms with Crippen LogP contribution in [0.3, 0.4) is 0 Å². The molecule has 0 amide bonds. The van der Waals surface area contributed by atoms with Gasteiger partial charge >= 0.3 is 0 Å². The van der Waals surface area contributed by atoms with Crippen LogP contribution in [0.5, 0.6) is 0 Å². The van der Waals surface area contributed by atoms with E-state index in [0.717, 1.165) is 0 Å². The number of hydrogen-bond donors (Lipinski definition) is 1. The Morgan fingerprint density at radius 2 is 1.32 bits per heavy atom. The molecule has 3 aromatic carbocycles. The Balaban J connectivity index is 1.85. The monoisotopic (exact) mass is 283 g/mol. The van der Waals surface area contributed by atoms with Crippen LogP contribution < -0.4 is 5.32 Å². The van der Waals surface area contributed by atoms with E-state index in [9.17, 15) is 0 Å². The third-order valence-corrected chi connectivity index (χ3v) is 4.10. The number of hydrogen-bond acceptors (Lipinski definition) is 1. The summed E-state index contributed by atoms with van der Waals surface area (Å²) in [4.78, 5) is 0. The van der Waals surface area contributed by atoms with E-state index in [-0.39, 0.29) is 6.04 Å². The van der Waals surface area contributed by atoms with Crippen molar-refractivity contribution in [2.75, 3.05) is 5.32 Å². The fourth-order valence-electron chi connectivity index (χ4n) is 3.05. The summed E-state index contributed by atoms with van der Waals surface area (Å²) in [5.74, 6) is 0. The molecular weight excluding hydrogens is 266 g/mol. The fraction of sp³-hybridized carbons (Fsp3) is 0.0476. The predicted octanol–water partition coefficient (Wildman–Crippen LogP) is 5.39. The van der Waals surface area contributed by atoms with Crippen molar-refractivity contribution in [1.82, 2.24) is 0 Å². The molecule has 106 valence electrons. The van der Waals surface area contributed by atoms with E-state index in [1.165, 1.54) is 28.0 Å². The highest BCUT2D eigenvalue weighted by Crippen LogP contribution is 2.44. The van der Waals surface area contributed by atoms with Gasteiger partial charge in [0.15, 0.2) is 0 Å². The highest BCUT2D eigenvalue weighted by atomic mass is 15.0. The lowest BCUT2D eigenvalue weighted by molar-refractivity contribution is 1.05. The molecule has 0 spiro atoms. The smallest absolute Gasteiger partial charge is 0.0774 e. The summed E-state index contributed by atoms with van der Waals surface area (Å²) in [5.41, 5.74) is 6.35. The number of para-hydroxylation sites is 1. The fourth-order valence-corrected chi connectivity index (χ4v) is 3.05. The van der Waals surface area contributed by atoms with Crippen LogP contribution in [-0.4, -0.2) is 0 Å². The summed E-state index contributed by atoms with van der Waals surface area (Å²) < 4.78 is 0. The Hall–Kier alpha value is -2.80. The lowest BCUT2D eigenvalue weighted by atomic mass is 9.95. The molecule has 1 aliphatic heterocycles. The molecule has 1 N–H and O–H groups in total. The highest BCUT2D eigenvalue weighted by molar-refractivity contribution is 5.95. The molecule has 1 atom stereocenters. The molecule has 22 heavy (non-hydrogen) atoms. The molecule has 1 unspecified atom stereocenters. The summed E-state index contributed by atoms with van der Waals surface area (Å²) >= 11 is 0. The maximum absolute atomic E-state index is 3.65. The zero-order valence-electron chi connectivity index (χ0n) is 12.2. The Kier molecular flexibility index (Phi) is 3.24. The molecule has 4 rings (SSSR count). The van der Waals surface area contributed by atoms with Gasteiger partial charge in [-0.05, 0) is 28.8 Å². The Bertz CT molecular complexity index is 804. The summed E-state index contributed by atoms with van der Waals surface area (Å²) in [7, 11) is 0. The standard InChI is InChI=1S/C21H17N/c1-3-9-16(10-4-1)15-19-18-13-7-8-14-20(18)22-21(19)17-11-5-2-6-12-17/h1-15,21-22H/b19-15-. The second-order valence-corrected chi connectivity index (χ2v) is 5.54. The van der Waals surface area contributed by atoms with Crippen molar-refractivity contribution >= 4 is 17.3 Å². The van der Waals surface area contributed by atoms with Gasteiger partial charge in [-0.15, -0.1) is 0 Å². The molecule has 0 saturated heterocycles. The average molecular weight is 283 g/mol. The molecule has 0 saturated carbocycles. The van der Waals surface area contributed by atoms with Crippen LogP contribution in [0, 0.1) is 0 Å². The largest absolute Gasteiger partial charge is 0.374 e. The maximum atomic E-state index is 3.65. The second-order valence-electron chi connectivity index (χ2n) is 5.54. The van der Waals surface area contributed by atoms with Gasteiger partial charge in [-0.2, -0.15) is 0 Å². The van der Waals surface area contributed by atoms with Gasteiger partial charge in [-0.1, -0.05) is 78.9 Å². The molecule has 0 radical (unpaired) electrons. The van der Waals surface area contributed by atoms with Crippen LogP contribution in [0.15, 0.2) is 84.9 Å². The van der Waals surface area contributed by atoms with E-state index in [0.29, 0.717) is 0 Å². The number of nitrogens with one attached hydrogen (secondary N) is 1. The van der Waals surface area contributed by atoms with Crippen molar-refractivity contribution < 1.29 is 0 Å². The molecule has 1 heterocycles. The average Bonchev–Trinajstić information content (AvgIpc) is 2.95. The third-order valence-electron chi connectivity index (χ3n) is 4.10. The molecule has 0 fully saturated rings. The Labute approximate surface area is 130 Å². The molecule has 3 aromatic rings. The van der Waals surface area contributed by atoms with Crippen LogP contribution in [-0.2, 0) is 0 Å². The molecule has 1 heteroatoms. The minimum Gasteiger partial charge on any atom is -0.374 e. The normalized spacial score (nSPS) is 18.0. The minimum atomic E-state index is 0.207. The lowest BCUT2D eigenvalue weighted by Crippen LogP contribution is -2.04. The van der Waals surface area contributed by atoms with Gasteiger partial charge in [0.1, 0.15) is 0 Å². The summed E-state index contributed by atoms with van der Waals surface area (Å²) in [6.07, 6.45) is 2.29. The van der Waals surface area contributed by atoms with E-state index in [4.69, 9.17) is 0 Å². The topological polar surface area (TPSA) is 12.0 Å². The second kappa shape index (κ2) is 5.53. The van der Waals surface area contributed by atoms with E-state index >= 15 is 0 Å². The van der Waals surface area contributed by atoms with E-state index in [2.05, 4.69) is 96.3 Å². The molecular formula is C21H17N. The first-order chi connectivity index (χ1) is 10.9. The Morgan fingerprint density at radius 3 is 2.09 bits per heavy atom. The van der Waals surface area contributed by atoms with E-state index < -0.39 is 0 Å². The van der Waals surface area contributed by atoms with Gasteiger partial charge < -0.3 is 5.32 Å². The first-order valence-corrected chi connectivity index (χ1v) is 7.59. The SMILES string of the molecule is C(=C1\c2ccccc2NC1c1ccccc1)/c1ccccc1. The number of rotatable bonds is 2. The number of anilines is 1. The van der Waals surface area contributed by atoms with Crippen molar-refractivity contribution in [1.29, 1.82) is 0 Å². The first-order valence-electron chi connectivity index (χ1n) is 7.59. The Morgan fingerprint density at radius 1 is 0.682 bits per heavy atom. The quantitative estimate of drug-likeness (QED) is 0.664. The van der Waals surface area contributed by atoms with Gasteiger partial charge in [-0.25, -0.2) is 0 Å². The lowest BCUT2D eigenvalue weighted by Gasteiger charge is -2.14. The minimum absolute atomic E-state index is 0.207. The molecule has 1 aliphatic rings. The van der Waals surface area contributed by atoms with Gasteiger partial charge in [0.05, 0.1) is 6.04 Å². The van der Waals surface area contributed by atoms with Crippen LogP contribution >= 0.6 is 0 Å².